The van der Waals surface area contributed by atoms with Crippen LogP contribution in [-0.4, -0.2) is 0 Å². The molecule has 0 amide bonds. The first kappa shape index (κ1) is 12.1. The molecular formula is C11H15F3O. The Balaban J connectivity index is 3.31. The van der Waals surface area contributed by atoms with E-state index in [-0.39, 0.29) is 17.4 Å². The van der Waals surface area contributed by atoms with Crippen molar-refractivity contribution in [1.29, 1.82) is 0 Å². The van der Waals surface area contributed by atoms with Crippen molar-refractivity contribution in [2.24, 2.45) is 0 Å². The zero-order chi connectivity index (χ0) is 11.8. The molecule has 4 heteroatoms. The van der Waals surface area contributed by atoms with Crippen LogP contribution in [0.25, 0.3) is 0 Å². The largest absolute Gasteiger partial charge is 0.459 e. The van der Waals surface area contributed by atoms with E-state index in [4.69, 9.17) is 0 Å². The third-order valence-electron chi connectivity index (χ3n) is 2.32. The molecule has 0 aromatic carbocycles. The maximum Gasteiger partial charge on any atom is 0.449 e. The highest BCUT2D eigenvalue weighted by Gasteiger charge is 2.39. The van der Waals surface area contributed by atoms with Gasteiger partial charge in [-0.2, -0.15) is 13.2 Å². The van der Waals surface area contributed by atoms with Gasteiger partial charge in [0.1, 0.15) is 0 Å². The summed E-state index contributed by atoms with van der Waals surface area (Å²) in [6.45, 7) is 7.20. The van der Waals surface area contributed by atoms with Crippen LogP contribution in [0.5, 0.6) is 0 Å². The van der Waals surface area contributed by atoms with Gasteiger partial charge in [0.15, 0.2) is 0 Å². The topological polar surface area (TPSA) is 13.1 Å². The Morgan fingerprint density at radius 2 is 1.60 bits per heavy atom. The van der Waals surface area contributed by atoms with E-state index >= 15 is 0 Å². The van der Waals surface area contributed by atoms with E-state index < -0.39 is 11.9 Å². The highest BCUT2D eigenvalue weighted by molar-refractivity contribution is 5.34. The lowest BCUT2D eigenvalue weighted by molar-refractivity contribution is -0.153. The van der Waals surface area contributed by atoms with E-state index in [2.05, 4.69) is 4.42 Å². The third-order valence-corrected chi connectivity index (χ3v) is 2.32. The summed E-state index contributed by atoms with van der Waals surface area (Å²) in [6.07, 6.45) is -3.17. The Morgan fingerprint density at radius 3 is 1.93 bits per heavy atom. The predicted molar refractivity (Wildman–Crippen MR) is 51.9 cm³/mol. The molecule has 1 nitrogen and oxygen atoms in total. The zero-order valence-electron chi connectivity index (χ0n) is 9.27. The first-order valence-electron chi connectivity index (χ1n) is 4.93. The van der Waals surface area contributed by atoms with Gasteiger partial charge in [0.25, 0.3) is 0 Å². The summed E-state index contributed by atoms with van der Waals surface area (Å²) < 4.78 is 42.4. The molecule has 1 aromatic rings. The molecule has 0 fully saturated rings. The first-order chi connectivity index (χ1) is 6.75. The summed E-state index contributed by atoms with van der Waals surface area (Å²) in [4.78, 5) is 0. The third kappa shape index (κ3) is 2.36. The van der Waals surface area contributed by atoms with Gasteiger partial charge in [-0.05, 0) is 17.4 Å². The van der Waals surface area contributed by atoms with Crippen molar-refractivity contribution in [3.63, 3.8) is 0 Å². The van der Waals surface area contributed by atoms with Crippen LogP contribution < -0.4 is 0 Å². The Hall–Kier alpha value is -0.930. The molecule has 0 saturated heterocycles. The van der Waals surface area contributed by atoms with Crippen LogP contribution in [0.1, 0.15) is 56.4 Å². The number of hydrogen-bond acceptors (Lipinski definition) is 1. The molecule has 1 heterocycles. The van der Waals surface area contributed by atoms with Crippen molar-refractivity contribution in [3.8, 4) is 0 Å². The molecule has 0 saturated carbocycles. The van der Waals surface area contributed by atoms with Gasteiger partial charge in [-0.1, -0.05) is 27.7 Å². The maximum absolute atomic E-state index is 12.6. The maximum atomic E-state index is 12.6. The number of alkyl halides is 3. The van der Waals surface area contributed by atoms with E-state index in [0.29, 0.717) is 5.56 Å². The molecule has 0 bridgehead atoms. The minimum absolute atomic E-state index is 0.0437. The second kappa shape index (κ2) is 3.91. The first-order valence-corrected chi connectivity index (χ1v) is 4.93. The Kier molecular flexibility index (Phi) is 3.16. The fraction of sp³-hybridized carbons (Fsp3) is 0.636. The van der Waals surface area contributed by atoms with E-state index in [1.165, 1.54) is 6.26 Å². The molecule has 0 N–H and O–H groups in total. The van der Waals surface area contributed by atoms with Crippen molar-refractivity contribution in [2.75, 3.05) is 0 Å². The van der Waals surface area contributed by atoms with E-state index in [1.54, 1.807) is 13.8 Å². The van der Waals surface area contributed by atoms with E-state index in [0.717, 1.165) is 0 Å². The quantitative estimate of drug-likeness (QED) is 0.712. The van der Waals surface area contributed by atoms with Gasteiger partial charge in [-0.3, -0.25) is 0 Å². The monoisotopic (exact) mass is 220 g/mol. The summed E-state index contributed by atoms with van der Waals surface area (Å²) in [5, 5.41) is 0. The molecule has 0 spiro atoms. The molecule has 0 aliphatic carbocycles. The lowest BCUT2D eigenvalue weighted by Gasteiger charge is -2.12. The fourth-order valence-corrected chi connectivity index (χ4v) is 1.64. The fourth-order valence-electron chi connectivity index (χ4n) is 1.64. The van der Waals surface area contributed by atoms with E-state index in [1.807, 2.05) is 13.8 Å². The number of furan rings is 1. The van der Waals surface area contributed by atoms with Gasteiger partial charge < -0.3 is 4.42 Å². The standard InChI is InChI=1S/C11H15F3O/c1-6(2)8-5-15-10(11(12,13)14)9(8)7(3)4/h5-7H,1-4H3. The molecule has 0 unspecified atom stereocenters. The summed E-state index contributed by atoms with van der Waals surface area (Å²) in [5.74, 6) is -0.985. The average molecular weight is 220 g/mol. The molecule has 0 aliphatic heterocycles. The molecular weight excluding hydrogens is 205 g/mol. The highest BCUT2D eigenvalue weighted by atomic mass is 19.4. The van der Waals surface area contributed by atoms with Crippen LogP contribution in [0, 0.1) is 0 Å². The SMILES string of the molecule is CC(C)c1coc(C(F)(F)F)c1C(C)C. The van der Waals surface area contributed by atoms with Crippen LogP contribution in [-0.2, 0) is 6.18 Å². The van der Waals surface area contributed by atoms with Crippen molar-refractivity contribution in [3.05, 3.63) is 23.2 Å². The number of halogens is 3. The Bertz CT molecular complexity index is 334. The lowest BCUT2D eigenvalue weighted by atomic mass is 9.93. The summed E-state index contributed by atoms with van der Waals surface area (Å²) >= 11 is 0. The smallest absolute Gasteiger partial charge is 0.449 e. The Labute approximate surface area is 87.3 Å². The lowest BCUT2D eigenvalue weighted by Crippen LogP contribution is -2.09. The Morgan fingerprint density at radius 1 is 1.07 bits per heavy atom. The molecule has 0 atom stereocenters. The van der Waals surface area contributed by atoms with Crippen molar-refractivity contribution < 1.29 is 17.6 Å². The molecule has 0 radical (unpaired) electrons. The molecule has 1 aromatic heterocycles. The molecule has 15 heavy (non-hydrogen) atoms. The van der Waals surface area contributed by atoms with E-state index in [9.17, 15) is 13.2 Å². The van der Waals surface area contributed by atoms with Crippen LogP contribution in [0.4, 0.5) is 13.2 Å². The summed E-state index contributed by atoms with van der Waals surface area (Å²) in [5.41, 5.74) is 0.940. The van der Waals surface area contributed by atoms with Crippen molar-refractivity contribution >= 4 is 0 Å². The number of rotatable bonds is 2. The van der Waals surface area contributed by atoms with Crippen LogP contribution in [0.2, 0.25) is 0 Å². The predicted octanol–water partition coefficient (Wildman–Crippen LogP) is 4.55. The van der Waals surface area contributed by atoms with Crippen molar-refractivity contribution in [2.45, 2.75) is 45.7 Å². The summed E-state index contributed by atoms with van der Waals surface area (Å²) in [6, 6.07) is 0. The van der Waals surface area contributed by atoms with Crippen LogP contribution in [0.3, 0.4) is 0 Å². The second-order valence-corrected chi connectivity index (χ2v) is 4.24. The second-order valence-electron chi connectivity index (χ2n) is 4.24. The molecule has 0 aliphatic rings. The van der Waals surface area contributed by atoms with Gasteiger partial charge >= 0.3 is 6.18 Å². The van der Waals surface area contributed by atoms with Crippen LogP contribution >= 0.6 is 0 Å². The minimum Gasteiger partial charge on any atom is -0.459 e. The summed E-state index contributed by atoms with van der Waals surface area (Å²) in [7, 11) is 0. The zero-order valence-corrected chi connectivity index (χ0v) is 9.27. The van der Waals surface area contributed by atoms with Gasteiger partial charge in [-0.25, -0.2) is 0 Å². The van der Waals surface area contributed by atoms with Gasteiger partial charge in [0, 0.05) is 5.56 Å². The minimum atomic E-state index is -4.40. The normalized spacial score (nSPS) is 12.9. The van der Waals surface area contributed by atoms with Crippen molar-refractivity contribution in [1.82, 2.24) is 0 Å². The van der Waals surface area contributed by atoms with Gasteiger partial charge in [0.2, 0.25) is 5.76 Å². The van der Waals surface area contributed by atoms with Gasteiger partial charge in [-0.15, -0.1) is 0 Å². The molecule has 86 valence electrons. The number of hydrogen-bond donors (Lipinski definition) is 0. The van der Waals surface area contributed by atoms with Gasteiger partial charge in [0.05, 0.1) is 6.26 Å². The van der Waals surface area contributed by atoms with Crippen LogP contribution in [0.15, 0.2) is 10.7 Å². The highest BCUT2D eigenvalue weighted by Crippen LogP contribution is 2.40. The average Bonchev–Trinajstić information content (AvgIpc) is 2.45. The molecule has 1 rings (SSSR count).